The summed E-state index contributed by atoms with van der Waals surface area (Å²) in [7, 11) is 0. The van der Waals surface area contributed by atoms with Crippen LogP contribution in [0.5, 0.6) is 0 Å². The van der Waals surface area contributed by atoms with Gasteiger partial charge in [-0.1, -0.05) is 53.0 Å². The SMILES string of the molecule is Clc1cc2c(cc1Cl)NC(c1ccccc1Cl)C2. The second-order valence-electron chi connectivity index (χ2n) is 4.35. The van der Waals surface area contributed by atoms with Gasteiger partial charge < -0.3 is 5.32 Å². The van der Waals surface area contributed by atoms with Gasteiger partial charge in [0.05, 0.1) is 16.1 Å². The second kappa shape index (κ2) is 4.65. The summed E-state index contributed by atoms with van der Waals surface area (Å²) in [6, 6.07) is 11.8. The molecule has 18 heavy (non-hydrogen) atoms. The van der Waals surface area contributed by atoms with E-state index in [4.69, 9.17) is 34.8 Å². The standard InChI is InChI=1S/C14H10Cl3N/c15-10-4-2-1-3-9(10)14-6-8-5-11(16)12(17)7-13(8)18-14/h1-5,7,14,18H,6H2. The molecule has 1 unspecified atom stereocenters. The average Bonchev–Trinajstić information content (AvgIpc) is 2.73. The van der Waals surface area contributed by atoms with Crippen LogP contribution in [0.3, 0.4) is 0 Å². The molecule has 0 bridgehead atoms. The molecule has 2 aromatic carbocycles. The first-order chi connectivity index (χ1) is 8.65. The van der Waals surface area contributed by atoms with Crippen molar-refractivity contribution in [2.24, 2.45) is 0 Å². The Morgan fingerprint density at radius 3 is 2.44 bits per heavy atom. The molecule has 0 saturated carbocycles. The molecule has 0 radical (unpaired) electrons. The molecule has 1 aliphatic rings. The summed E-state index contributed by atoms with van der Waals surface area (Å²) in [5.74, 6) is 0. The number of hydrogen-bond acceptors (Lipinski definition) is 1. The number of nitrogens with one attached hydrogen (secondary N) is 1. The molecule has 2 aromatic rings. The molecule has 92 valence electrons. The monoisotopic (exact) mass is 297 g/mol. The van der Waals surface area contributed by atoms with Gasteiger partial charge in [0.1, 0.15) is 0 Å². The third-order valence-corrected chi connectivity index (χ3v) is 4.25. The van der Waals surface area contributed by atoms with E-state index < -0.39 is 0 Å². The van der Waals surface area contributed by atoms with E-state index in [0.717, 1.165) is 22.7 Å². The van der Waals surface area contributed by atoms with Gasteiger partial charge in [-0.25, -0.2) is 0 Å². The van der Waals surface area contributed by atoms with E-state index in [0.29, 0.717) is 10.0 Å². The quantitative estimate of drug-likeness (QED) is 0.747. The molecule has 0 spiro atoms. The van der Waals surface area contributed by atoms with Crippen molar-refractivity contribution in [1.29, 1.82) is 0 Å². The maximum atomic E-state index is 6.22. The molecule has 3 rings (SSSR count). The van der Waals surface area contributed by atoms with Crippen LogP contribution in [0.15, 0.2) is 36.4 Å². The Labute approximate surface area is 121 Å². The molecule has 1 nitrogen and oxygen atoms in total. The van der Waals surface area contributed by atoms with Crippen LogP contribution < -0.4 is 5.32 Å². The van der Waals surface area contributed by atoms with Gasteiger partial charge in [-0.2, -0.15) is 0 Å². The largest absolute Gasteiger partial charge is 0.378 e. The van der Waals surface area contributed by atoms with Crippen LogP contribution in [-0.2, 0) is 6.42 Å². The molecule has 1 atom stereocenters. The van der Waals surface area contributed by atoms with Crippen LogP contribution in [-0.4, -0.2) is 0 Å². The van der Waals surface area contributed by atoms with Crippen LogP contribution in [0, 0.1) is 0 Å². The second-order valence-corrected chi connectivity index (χ2v) is 5.57. The van der Waals surface area contributed by atoms with E-state index in [1.54, 1.807) is 0 Å². The van der Waals surface area contributed by atoms with Crippen molar-refractivity contribution in [3.05, 3.63) is 62.6 Å². The van der Waals surface area contributed by atoms with Crippen LogP contribution in [0.1, 0.15) is 17.2 Å². The summed E-state index contributed by atoms with van der Waals surface area (Å²) in [5, 5.41) is 5.38. The van der Waals surface area contributed by atoms with Gasteiger partial charge in [-0.3, -0.25) is 0 Å². The first-order valence-corrected chi connectivity index (χ1v) is 6.77. The van der Waals surface area contributed by atoms with Crippen LogP contribution in [0.2, 0.25) is 15.1 Å². The van der Waals surface area contributed by atoms with Gasteiger partial charge >= 0.3 is 0 Å². The van der Waals surface area contributed by atoms with E-state index in [9.17, 15) is 0 Å². The number of fused-ring (bicyclic) bond motifs is 1. The molecule has 1 N–H and O–H groups in total. The minimum atomic E-state index is 0.184. The zero-order chi connectivity index (χ0) is 12.7. The van der Waals surface area contributed by atoms with Gasteiger partial charge in [0.15, 0.2) is 0 Å². The lowest BCUT2D eigenvalue weighted by molar-refractivity contribution is 0.824. The summed E-state index contributed by atoms with van der Waals surface area (Å²) in [6.07, 6.45) is 0.871. The van der Waals surface area contributed by atoms with Crippen LogP contribution in [0.25, 0.3) is 0 Å². The highest BCUT2D eigenvalue weighted by Gasteiger charge is 2.24. The van der Waals surface area contributed by atoms with E-state index in [1.165, 1.54) is 5.56 Å². The van der Waals surface area contributed by atoms with Crippen LogP contribution in [0.4, 0.5) is 5.69 Å². The van der Waals surface area contributed by atoms with Gasteiger partial charge in [0.2, 0.25) is 0 Å². The molecular formula is C14H10Cl3N. The van der Waals surface area contributed by atoms with Crippen molar-refractivity contribution in [2.45, 2.75) is 12.5 Å². The lowest BCUT2D eigenvalue weighted by Crippen LogP contribution is -2.05. The number of hydrogen-bond donors (Lipinski definition) is 1. The topological polar surface area (TPSA) is 12.0 Å². The normalized spacial score (nSPS) is 17.4. The maximum absolute atomic E-state index is 6.22. The molecule has 0 saturated heterocycles. The lowest BCUT2D eigenvalue weighted by Gasteiger charge is -2.13. The van der Waals surface area contributed by atoms with Crippen molar-refractivity contribution >= 4 is 40.5 Å². The Balaban J connectivity index is 1.96. The zero-order valence-electron chi connectivity index (χ0n) is 9.38. The average molecular weight is 299 g/mol. The van der Waals surface area contributed by atoms with Gasteiger partial charge in [0.25, 0.3) is 0 Å². The summed E-state index contributed by atoms with van der Waals surface area (Å²) in [6.45, 7) is 0. The summed E-state index contributed by atoms with van der Waals surface area (Å²) in [4.78, 5) is 0. The lowest BCUT2D eigenvalue weighted by atomic mass is 10.0. The molecule has 1 aliphatic heterocycles. The highest BCUT2D eigenvalue weighted by atomic mass is 35.5. The Kier molecular flexibility index (Phi) is 3.14. The highest BCUT2D eigenvalue weighted by molar-refractivity contribution is 6.42. The van der Waals surface area contributed by atoms with Crippen molar-refractivity contribution in [1.82, 2.24) is 0 Å². The molecular weight excluding hydrogens is 289 g/mol. The fourth-order valence-corrected chi connectivity index (χ4v) is 2.91. The van der Waals surface area contributed by atoms with Crippen molar-refractivity contribution in [3.63, 3.8) is 0 Å². The van der Waals surface area contributed by atoms with E-state index in [-0.39, 0.29) is 6.04 Å². The molecule has 0 aromatic heterocycles. The molecule has 0 fully saturated rings. The van der Waals surface area contributed by atoms with Crippen molar-refractivity contribution < 1.29 is 0 Å². The Bertz CT molecular complexity index is 579. The third-order valence-electron chi connectivity index (χ3n) is 3.18. The number of halogens is 3. The Hall–Kier alpha value is -0.890. The molecule has 4 heteroatoms. The predicted octanol–water partition coefficient (Wildman–Crippen LogP) is 5.36. The minimum absolute atomic E-state index is 0.184. The smallest absolute Gasteiger partial charge is 0.0613 e. The summed E-state index contributed by atoms with van der Waals surface area (Å²) in [5.41, 5.74) is 3.31. The fourth-order valence-electron chi connectivity index (χ4n) is 2.30. The number of anilines is 1. The Morgan fingerprint density at radius 2 is 1.67 bits per heavy atom. The van der Waals surface area contributed by atoms with E-state index in [2.05, 4.69) is 5.32 Å². The van der Waals surface area contributed by atoms with E-state index >= 15 is 0 Å². The molecule has 0 amide bonds. The molecule has 0 aliphatic carbocycles. The van der Waals surface area contributed by atoms with Gasteiger partial charge in [-0.05, 0) is 35.7 Å². The molecule has 1 heterocycles. The Morgan fingerprint density at radius 1 is 0.944 bits per heavy atom. The van der Waals surface area contributed by atoms with E-state index in [1.807, 2.05) is 36.4 Å². The fraction of sp³-hybridized carbons (Fsp3) is 0.143. The summed E-state index contributed by atoms with van der Waals surface area (Å²) < 4.78 is 0. The minimum Gasteiger partial charge on any atom is -0.378 e. The highest BCUT2D eigenvalue weighted by Crippen LogP contribution is 2.40. The van der Waals surface area contributed by atoms with Crippen molar-refractivity contribution in [3.8, 4) is 0 Å². The first kappa shape index (κ1) is 12.2. The van der Waals surface area contributed by atoms with Gasteiger partial charge in [-0.15, -0.1) is 0 Å². The number of rotatable bonds is 1. The zero-order valence-corrected chi connectivity index (χ0v) is 11.7. The first-order valence-electron chi connectivity index (χ1n) is 5.64. The van der Waals surface area contributed by atoms with Crippen molar-refractivity contribution in [2.75, 3.05) is 5.32 Å². The summed E-state index contributed by atoms with van der Waals surface area (Å²) >= 11 is 18.3. The predicted molar refractivity (Wildman–Crippen MR) is 78.0 cm³/mol. The maximum Gasteiger partial charge on any atom is 0.0613 e. The van der Waals surface area contributed by atoms with Gasteiger partial charge in [0, 0.05) is 10.7 Å². The third kappa shape index (κ3) is 2.07. The number of benzene rings is 2. The van der Waals surface area contributed by atoms with Crippen LogP contribution >= 0.6 is 34.8 Å².